The number of carbonyl (C=O) groups excluding carboxylic acids is 1. The van der Waals surface area contributed by atoms with E-state index in [1.54, 1.807) is 0 Å². The molecule has 2 unspecified atom stereocenters. The molecule has 0 aromatic carbocycles. The summed E-state index contributed by atoms with van der Waals surface area (Å²) in [4.78, 5) is 13.3. The van der Waals surface area contributed by atoms with Gasteiger partial charge in [-0.3, -0.25) is 4.79 Å². The Labute approximate surface area is 85.8 Å². The maximum absolute atomic E-state index is 11.0. The molecule has 14 heavy (non-hydrogen) atoms. The van der Waals surface area contributed by atoms with Crippen molar-refractivity contribution in [2.24, 2.45) is 5.73 Å². The summed E-state index contributed by atoms with van der Waals surface area (Å²) in [6.45, 7) is 4.01. The van der Waals surface area contributed by atoms with Gasteiger partial charge in [0.15, 0.2) is 0 Å². The molecule has 4 nitrogen and oxygen atoms in total. The van der Waals surface area contributed by atoms with Gasteiger partial charge in [-0.2, -0.15) is 0 Å². The number of likely N-dealkylation sites (tertiary alicyclic amines) is 1. The number of nitrogens with zero attached hydrogens (tertiary/aromatic N) is 1. The van der Waals surface area contributed by atoms with E-state index < -0.39 is 0 Å². The van der Waals surface area contributed by atoms with Gasteiger partial charge in [0.1, 0.15) is 0 Å². The van der Waals surface area contributed by atoms with E-state index in [2.05, 4.69) is 17.3 Å². The van der Waals surface area contributed by atoms with Crippen molar-refractivity contribution in [3.63, 3.8) is 0 Å². The fourth-order valence-corrected chi connectivity index (χ4v) is 1.96. The Bertz CT molecular complexity index is 196. The van der Waals surface area contributed by atoms with E-state index in [9.17, 15) is 4.79 Å². The fraction of sp³-hybridized carbons (Fsp3) is 0.900. The molecule has 4 heteroatoms. The Morgan fingerprint density at radius 2 is 2.43 bits per heavy atom. The number of primary amides is 1. The molecule has 1 amide bonds. The average molecular weight is 199 g/mol. The molecule has 0 aromatic heterocycles. The summed E-state index contributed by atoms with van der Waals surface area (Å²) in [7, 11) is 2.13. The van der Waals surface area contributed by atoms with Crippen molar-refractivity contribution in [3.8, 4) is 0 Å². The third kappa shape index (κ3) is 2.96. The van der Waals surface area contributed by atoms with Gasteiger partial charge >= 0.3 is 0 Å². The number of nitrogens with one attached hydrogen (secondary N) is 1. The summed E-state index contributed by atoms with van der Waals surface area (Å²) in [5.41, 5.74) is 5.25. The standard InChI is InChI=1S/C10H21N3O/c1-3-9(10(11)14)12-7-8-5-4-6-13(8)2/h8-9,12H,3-7H2,1-2H3,(H2,11,14). The van der Waals surface area contributed by atoms with Crippen LogP contribution in [0.2, 0.25) is 0 Å². The smallest absolute Gasteiger partial charge is 0.234 e. The molecular formula is C10H21N3O. The number of likely N-dealkylation sites (N-methyl/N-ethyl adjacent to an activating group) is 1. The van der Waals surface area contributed by atoms with E-state index in [0.29, 0.717) is 6.04 Å². The molecule has 1 saturated heterocycles. The molecule has 2 atom stereocenters. The molecule has 0 bridgehead atoms. The molecule has 1 fully saturated rings. The van der Waals surface area contributed by atoms with E-state index in [1.807, 2.05) is 6.92 Å². The molecule has 0 saturated carbocycles. The van der Waals surface area contributed by atoms with E-state index in [1.165, 1.54) is 19.4 Å². The van der Waals surface area contributed by atoms with Crippen molar-refractivity contribution in [1.29, 1.82) is 0 Å². The topological polar surface area (TPSA) is 58.4 Å². The summed E-state index contributed by atoms with van der Waals surface area (Å²) in [6.07, 6.45) is 3.25. The average Bonchev–Trinajstić information content (AvgIpc) is 2.52. The molecule has 1 aliphatic rings. The van der Waals surface area contributed by atoms with Crippen LogP contribution in [0.3, 0.4) is 0 Å². The lowest BCUT2D eigenvalue weighted by Crippen LogP contribution is -2.46. The minimum Gasteiger partial charge on any atom is -0.368 e. The quantitative estimate of drug-likeness (QED) is 0.652. The van der Waals surface area contributed by atoms with Gasteiger partial charge in [-0.15, -0.1) is 0 Å². The molecule has 1 aliphatic heterocycles. The summed E-state index contributed by atoms with van der Waals surface area (Å²) in [5, 5.41) is 3.22. The zero-order chi connectivity index (χ0) is 10.6. The van der Waals surface area contributed by atoms with Crippen molar-refractivity contribution >= 4 is 5.91 Å². The highest BCUT2D eigenvalue weighted by Crippen LogP contribution is 2.13. The summed E-state index contributed by atoms with van der Waals surface area (Å²) in [5.74, 6) is -0.242. The number of carbonyl (C=O) groups is 1. The van der Waals surface area contributed by atoms with Crippen molar-refractivity contribution in [2.45, 2.75) is 38.3 Å². The Kier molecular flexibility index (Phi) is 4.35. The number of amides is 1. The first-order chi connectivity index (χ1) is 6.65. The molecule has 82 valence electrons. The van der Waals surface area contributed by atoms with E-state index in [-0.39, 0.29) is 11.9 Å². The maximum Gasteiger partial charge on any atom is 0.234 e. The van der Waals surface area contributed by atoms with Crippen LogP contribution in [-0.2, 0) is 4.79 Å². The van der Waals surface area contributed by atoms with E-state index in [4.69, 9.17) is 5.73 Å². The van der Waals surface area contributed by atoms with Crippen LogP contribution >= 0.6 is 0 Å². The first-order valence-corrected chi connectivity index (χ1v) is 5.38. The predicted octanol–water partition coefficient (Wildman–Crippen LogP) is -0.0659. The highest BCUT2D eigenvalue weighted by atomic mass is 16.1. The maximum atomic E-state index is 11.0. The summed E-state index contributed by atoms with van der Waals surface area (Å²) >= 11 is 0. The third-order valence-corrected chi connectivity index (χ3v) is 3.02. The molecule has 3 N–H and O–H groups in total. The largest absolute Gasteiger partial charge is 0.368 e. The van der Waals surface area contributed by atoms with Gasteiger partial charge in [-0.05, 0) is 32.9 Å². The SMILES string of the molecule is CCC(NCC1CCCN1C)C(N)=O. The Balaban J connectivity index is 2.27. The molecule has 1 rings (SSSR count). The van der Waals surface area contributed by atoms with Gasteiger partial charge in [0, 0.05) is 12.6 Å². The van der Waals surface area contributed by atoms with Gasteiger partial charge in [-0.1, -0.05) is 6.92 Å². The minimum atomic E-state index is -0.242. The first kappa shape index (κ1) is 11.5. The Hall–Kier alpha value is -0.610. The van der Waals surface area contributed by atoms with Gasteiger partial charge < -0.3 is 16.0 Å². The Morgan fingerprint density at radius 1 is 1.71 bits per heavy atom. The van der Waals surface area contributed by atoms with Crippen molar-refractivity contribution < 1.29 is 4.79 Å². The van der Waals surface area contributed by atoms with E-state index >= 15 is 0 Å². The molecule has 0 aliphatic carbocycles. The number of hydrogen-bond acceptors (Lipinski definition) is 3. The van der Waals surface area contributed by atoms with Crippen LogP contribution in [-0.4, -0.2) is 43.0 Å². The predicted molar refractivity (Wildman–Crippen MR) is 56.9 cm³/mol. The lowest BCUT2D eigenvalue weighted by molar-refractivity contribution is -0.120. The van der Waals surface area contributed by atoms with Crippen molar-refractivity contribution in [3.05, 3.63) is 0 Å². The van der Waals surface area contributed by atoms with Crippen LogP contribution in [0.4, 0.5) is 0 Å². The van der Waals surface area contributed by atoms with E-state index in [0.717, 1.165) is 13.0 Å². The third-order valence-electron chi connectivity index (χ3n) is 3.02. The summed E-state index contributed by atoms with van der Waals surface area (Å²) < 4.78 is 0. The molecule has 1 heterocycles. The van der Waals surface area contributed by atoms with Gasteiger partial charge in [0.2, 0.25) is 5.91 Å². The van der Waals surface area contributed by atoms with Crippen LogP contribution in [0, 0.1) is 0 Å². The van der Waals surface area contributed by atoms with Crippen LogP contribution in [0.1, 0.15) is 26.2 Å². The molecule has 0 radical (unpaired) electrons. The highest BCUT2D eigenvalue weighted by Gasteiger charge is 2.22. The zero-order valence-corrected chi connectivity index (χ0v) is 9.12. The normalized spacial score (nSPS) is 25.1. The van der Waals surface area contributed by atoms with Gasteiger partial charge in [0.25, 0.3) is 0 Å². The lowest BCUT2D eigenvalue weighted by atomic mass is 10.1. The van der Waals surface area contributed by atoms with Crippen LogP contribution < -0.4 is 11.1 Å². The van der Waals surface area contributed by atoms with Crippen molar-refractivity contribution in [2.75, 3.05) is 20.1 Å². The highest BCUT2D eigenvalue weighted by molar-refractivity contribution is 5.79. The number of hydrogen-bond donors (Lipinski definition) is 2. The summed E-state index contributed by atoms with van der Waals surface area (Å²) in [6, 6.07) is 0.410. The second-order valence-corrected chi connectivity index (χ2v) is 4.05. The Morgan fingerprint density at radius 3 is 2.86 bits per heavy atom. The first-order valence-electron chi connectivity index (χ1n) is 5.38. The second-order valence-electron chi connectivity index (χ2n) is 4.05. The van der Waals surface area contributed by atoms with Gasteiger partial charge in [-0.25, -0.2) is 0 Å². The molecular weight excluding hydrogens is 178 g/mol. The molecule has 0 aromatic rings. The van der Waals surface area contributed by atoms with Crippen LogP contribution in [0.5, 0.6) is 0 Å². The van der Waals surface area contributed by atoms with Crippen LogP contribution in [0.25, 0.3) is 0 Å². The van der Waals surface area contributed by atoms with Crippen LogP contribution in [0.15, 0.2) is 0 Å². The molecule has 0 spiro atoms. The minimum absolute atomic E-state index is 0.163. The monoisotopic (exact) mass is 199 g/mol. The number of nitrogens with two attached hydrogens (primary N) is 1. The van der Waals surface area contributed by atoms with Gasteiger partial charge in [0.05, 0.1) is 6.04 Å². The lowest BCUT2D eigenvalue weighted by Gasteiger charge is -2.22. The second kappa shape index (κ2) is 5.32. The zero-order valence-electron chi connectivity index (χ0n) is 9.12. The number of rotatable bonds is 5. The van der Waals surface area contributed by atoms with Crippen molar-refractivity contribution in [1.82, 2.24) is 10.2 Å². The fourth-order valence-electron chi connectivity index (χ4n) is 1.96.